The molecule has 10 heteroatoms. The highest BCUT2D eigenvalue weighted by Crippen LogP contribution is 2.10. The average Bonchev–Trinajstić information content (AvgIpc) is 2.43. The summed E-state index contributed by atoms with van der Waals surface area (Å²) < 4.78 is 34.8. The lowest BCUT2D eigenvalue weighted by atomic mass is 10.2. The van der Waals surface area contributed by atoms with Crippen molar-refractivity contribution < 1.29 is 32.6 Å². The van der Waals surface area contributed by atoms with Crippen molar-refractivity contribution >= 4 is 21.9 Å². The summed E-state index contributed by atoms with van der Waals surface area (Å²) in [5, 5.41) is 8.81. The Labute approximate surface area is 136 Å². The lowest BCUT2D eigenvalue weighted by Gasteiger charge is -2.34. The summed E-state index contributed by atoms with van der Waals surface area (Å²) in [5.41, 5.74) is 0. The van der Waals surface area contributed by atoms with Crippen molar-refractivity contribution in [2.24, 2.45) is 0 Å². The molecule has 23 heavy (non-hydrogen) atoms. The predicted molar refractivity (Wildman–Crippen MR) is 81.5 cm³/mol. The molecule has 1 N–H and O–H groups in total. The Morgan fingerprint density at radius 2 is 2.09 bits per heavy atom. The van der Waals surface area contributed by atoms with Crippen molar-refractivity contribution in [3.8, 4) is 0 Å². The number of aliphatic carboxylic acids is 1. The van der Waals surface area contributed by atoms with Crippen molar-refractivity contribution in [3.05, 3.63) is 0 Å². The molecule has 0 bridgehead atoms. The van der Waals surface area contributed by atoms with Gasteiger partial charge in [-0.05, 0) is 13.8 Å². The van der Waals surface area contributed by atoms with Crippen LogP contribution in [0.5, 0.6) is 0 Å². The summed E-state index contributed by atoms with van der Waals surface area (Å²) >= 11 is 0. The monoisotopic (exact) mass is 352 g/mol. The minimum atomic E-state index is -3.67. The van der Waals surface area contributed by atoms with E-state index in [1.165, 1.54) is 4.90 Å². The van der Waals surface area contributed by atoms with Crippen LogP contribution < -0.4 is 0 Å². The van der Waals surface area contributed by atoms with Gasteiger partial charge in [-0.25, -0.2) is 8.42 Å². The Kier molecular flexibility index (Phi) is 7.39. The van der Waals surface area contributed by atoms with E-state index in [4.69, 9.17) is 14.6 Å². The van der Waals surface area contributed by atoms with E-state index < -0.39 is 28.6 Å². The average molecular weight is 352 g/mol. The van der Waals surface area contributed by atoms with Gasteiger partial charge >= 0.3 is 5.97 Å². The quantitative estimate of drug-likeness (QED) is 0.595. The van der Waals surface area contributed by atoms with Crippen LogP contribution in [0.4, 0.5) is 0 Å². The smallest absolute Gasteiger partial charge is 0.318 e. The van der Waals surface area contributed by atoms with E-state index in [1.807, 2.05) is 13.8 Å². The molecule has 1 amide bonds. The second-order valence-corrected chi connectivity index (χ2v) is 7.62. The fourth-order valence-corrected chi connectivity index (χ4v) is 2.86. The van der Waals surface area contributed by atoms with Gasteiger partial charge in [0.25, 0.3) is 0 Å². The number of nitrogens with zero attached hydrogens (tertiary/aromatic N) is 2. The van der Waals surface area contributed by atoms with E-state index in [9.17, 15) is 18.0 Å². The SMILES string of the molecule is CC(C)OCC(=O)N1CCOC(CN(CC(=O)O)S(C)(=O)=O)C1. The molecule has 1 atom stereocenters. The van der Waals surface area contributed by atoms with Crippen molar-refractivity contribution in [1.82, 2.24) is 9.21 Å². The van der Waals surface area contributed by atoms with E-state index >= 15 is 0 Å². The summed E-state index contributed by atoms with van der Waals surface area (Å²) in [6.45, 7) is 3.72. The second-order valence-electron chi connectivity index (χ2n) is 5.64. The first-order valence-corrected chi connectivity index (χ1v) is 9.12. The van der Waals surface area contributed by atoms with Crippen LogP contribution in [0.3, 0.4) is 0 Å². The van der Waals surface area contributed by atoms with E-state index in [1.54, 1.807) is 0 Å². The molecule has 9 nitrogen and oxygen atoms in total. The van der Waals surface area contributed by atoms with Crippen LogP contribution in [-0.2, 0) is 29.1 Å². The number of carbonyl (C=O) groups is 2. The molecule has 1 aliphatic heterocycles. The number of carboxylic acids is 1. The van der Waals surface area contributed by atoms with E-state index in [0.717, 1.165) is 10.6 Å². The van der Waals surface area contributed by atoms with Crippen molar-refractivity contribution in [2.75, 3.05) is 45.6 Å². The zero-order chi connectivity index (χ0) is 17.6. The highest BCUT2D eigenvalue weighted by molar-refractivity contribution is 7.88. The highest BCUT2D eigenvalue weighted by Gasteiger charge is 2.29. The number of carbonyl (C=O) groups excluding carboxylic acids is 1. The largest absolute Gasteiger partial charge is 0.480 e. The van der Waals surface area contributed by atoms with Gasteiger partial charge in [-0.1, -0.05) is 0 Å². The minimum Gasteiger partial charge on any atom is -0.480 e. The van der Waals surface area contributed by atoms with Crippen LogP contribution in [0.25, 0.3) is 0 Å². The second kappa shape index (κ2) is 8.57. The van der Waals surface area contributed by atoms with Crippen LogP contribution in [0, 0.1) is 0 Å². The maximum absolute atomic E-state index is 12.0. The maximum atomic E-state index is 12.0. The molecule has 0 spiro atoms. The normalized spacial score (nSPS) is 19.3. The number of amides is 1. The van der Waals surface area contributed by atoms with Crippen LogP contribution in [-0.4, -0.2) is 92.5 Å². The van der Waals surface area contributed by atoms with Crippen molar-refractivity contribution in [2.45, 2.75) is 26.1 Å². The first kappa shape index (κ1) is 19.8. The number of rotatable bonds is 8. The van der Waals surface area contributed by atoms with Gasteiger partial charge in [-0.3, -0.25) is 9.59 Å². The van der Waals surface area contributed by atoms with Gasteiger partial charge in [0, 0.05) is 19.6 Å². The van der Waals surface area contributed by atoms with Crippen LogP contribution in [0.2, 0.25) is 0 Å². The van der Waals surface area contributed by atoms with Gasteiger partial charge in [0.2, 0.25) is 15.9 Å². The van der Waals surface area contributed by atoms with Gasteiger partial charge in [0.15, 0.2) is 0 Å². The van der Waals surface area contributed by atoms with E-state index in [-0.39, 0.29) is 38.3 Å². The Morgan fingerprint density at radius 3 is 2.61 bits per heavy atom. The predicted octanol–water partition coefficient (Wildman–Crippen LogP) is -1.01. The topological polar surface area (TPSA) is 113 Å². The molecule has 0 aliphatic carbocycles. The Hall–Kier alpha value is -1.23. The first-order chi connectivity index (χ1) is 10.6. The lowest BCUT2D eigenvalue weighted by molar-refractivity contribution is -0.146. The molecule has 1 saturated heterocycles. The van der Waals surface area contributed by atoms with Gasteiger partial charge in [-0.2, -0.15) is 4.31 Å². The molecule has 1 heterocycles. The Morgan fingerprint density at radius 1 is 1.43 bits per heavy atom. The van der Waals surface area contributed by atoms with Crippen LogP contribution in [0.1, 0.15) is 13.8 Å². The molecule has 0 radical (unpaired) electrons. The van der Waals surface area contributed by atoms with Gasteiger partial charge < -0.3 is 19.5 Å². The molecule has 1 aliphatic rings. The molecular weight excluding hydrogens is 328 g/mol. The molecule has 0 aromatic heterocycles. The molecular formula is C13H24N2O7S. The number of hydrogen-bond donors (Lipinski definition) is 1. The fraction of sp³-hybridized carbons (Fsp3) is 0.846. The van der Waals surface area contributed by atoms with Crippen LogP contribution in [0.15, 0.2) is 0 Å². The first-order valence-electron chi connectivity index (χ1n) is 7.27. The van der Waals surface area contributed by atoms with Crippen molar-refractivity contribution in [3.63, 3.8) is 0 Å². The number of sulfonamides is 1. The third-order valence-electron chi connectivity index (χ3n) is 3.22. The zero-order valence-corrected chi connectivity index (χ0v) is 14.4. The summed E-state index contributed by atoms with van der Waals surface area (Å²) in [7, 11) is -3.67. The van der Waals surface area contributed by atoms with E-state index in [2.05, 4.69) is 0 Å². The summed E-state index contributed by atoms with van der Waals surface area (Å²) in [5.74, 6) is -1.44. The molecule has 1 unspecified atom stereocenters. The third-order valence-corrected chi connectivity index (χ3v) is 4.44. The minimum absolute atomic E-state index is 0.0463. The lowest BCUT2D eigenvalue weighted by Crippen LogP contribution is -2.51. The number of hydrogen-bond acceptors (Lipinski definition) is 6. The number of morpholine rings is 1. The molecule has 1 rings (SSSR count). The summed E-state index contributed by atoms with van der Waals surface area (Å²) in [6, 6.07) is 0. The fourth-order valence-electron chi connectivity index (χ4n) is 2.08. The van der Waals surface area contributed by atoms with Gasteiger partial charge in [0.05, 0.1) is 25.1 Å². The Bertz CT molecular complexity index is 520. The van der Waals surface area contributed by atoms with Crippen molar-refractivity contribution in [1.29, 1.82) is 0 Å². The highest BCUT2D eigenvalue weighted by atomic mass is 32.2. The standard InChI is InChI=1S/C13H24N2O7S/c1-10(2)22-9-12(16)14-4-5-21-11(6-14)7-15(8-13(17)18)23(3,19)20/h10-11H,4-9H2,1-3H3,(H,17,18). The molecule has 0 aromatic rings. The summed E-state index contributed by atoms with van der Waals surface area (Å²) in [4.78, 5) is 24.4. The van der Waals surface area contributed by atoms with Crippen LogP contribution >= 0.6 is 0 Å². The summed E-state index contributed by atoms with van der Waals surface area (Å²) in [6.07, 6.45) is 0.311. The molecule has 134 valence electrons. The zero-order valence-electron chi connectivity index (χ0n) is 13.6. The molecule has 0 aromatic carbocycles. The maximum Gasteiger partial charge on any atom is 0.318 e. The molecule has 0 saturated carbocycles. The van der Waals surface area contributed by atoms with E-state index in [0.29, 0.717) is 6.54 Å². The van der Waals surface area contributed by atoms with Gasteiger partial charge in [-0.15, -0.1) is 0 Å². The number of ether oxygens (including phenoxy) is 2. The van der Waals surface area contributed by atoms with Gasteiger partial charge in [0.1, 0.15) is 13.2 Å². The molecule has 1 fully saturated rings. The third kappa shape index (κ3) is 7.25. The number of carboxylic acid groups (broad SMARTS) is 1. The Balaban J connectivity index is 2.62.